The molecule has 3 N–H and O–H groups in total. The molecule has 1 aromatic heterocycles. The van der Waals surface area contributed by atoms with E-state index in [4.69, 9.17) is 5.84 Å². The van der Waals surface area contributed by atoms with Crippen LogP contribution in [0.15, 0.2) is 24.4 Å². The standard InChI is InChI=1S/C11H15N3O/c12-14-10(15)11(6-2-3-7-11)9-5-1-4-8-13-9/h1,4-5,8H,2-3,6-7,12H2,(H,14,15). The molecule has 4 nitrogen and oxygen atoms in total. The molecule has 80 valence electrons. The Kier molecular flexibility index (Phi) is 2.68. The Morgan fingerprint density at radius 2 is 2.13 bits per heavy atom. The highest BCUT2D eigenvalue weighted by molar-refractivity contribution is 5.87. The van der Waals surface area contributed by atoms with Gasteiger partial charge < -0.3 is 0 Å². The van der Waals surface area contributed by atoms with Crippen molar-refractivity contribution in [2.45, 2.75) is 31.1 Å². The largest absolute Gasteiger partial charge is 0.293 e. The van der Waals surface area contributed by atoms with Gasteiger partial charge in [0, 0.05) is 6.20 Å². The summed E-state index contributed by atoms with van der Waals surface area (Å²) in [6, 6.07) is 5.67. The maximum Gasteiger partial charge on any atom is 0.246 e. The molecule has 2 rings (SSSR count). The number of aromatic nitrogens is 1. The average Bonchev–Trinajstić information content (AvgIpc) is 2.79. The number of hydrogen-bond acceptors (Lipinski definition) is 3. The summed E-state index contributed by atoms with van der Waals surface area (Å²) in [6.07, 6.45) is 5.52. The molecule has 0 radical (unpaired) electrons. The van der Waals surface area contributed by atoms with Gasteiger partial charge in [0.2, 0.25) is 5.91 Å². The lowest BCUT2D eigenvalue weighted by Gasteiger charge is -2.25. The minimum atomic E-state index is -0.490. The highest BCUT2D eigenvalue weighted by Gasteiger charge is 2.43. The van der Waals surface area contributed by atoms with E-state index >= 15 is 0 Å². The van der Waals surface area contributed by atoms with Crippen LogP contribution >= 0.6 is 0 Å². The summed E-state index contributed by atoms with van der Waals surface area (Å²) < 4.78 is 0. The first-order chi connectivity index (χ1) is 7.29. The molecule has 0 bridgehead atoms. The topological polar surface area (TPSA) is 68.0 Å². The molecule has 1 aliphatic rings. The van der Waals surface area contributed by atoms with Crippen molar-refractivity contribution in [3.05, 3.63) is 30.1 Å². The summed E-state index contributed by atoms with van der Waals surface area (Å²) >= 11 is 0. The van der Waals surface area contributed by atoms with E-state index in [2.05, 4.69) is 10.4 Å². The third-order valence-electron chi connectivity index (χ3n) is 3.18. The highest BCUT2D eigenvalue weighted by Crippen LogP contribution is 2.40. The molecule has 0 aromatic carbocycles. The van der Waals surface area contributed by atoms with E-state index in [1.54, 1.807) is 6.20 Å². The first-order valence-corrected chi connectivity index (χ1v) is 5.22. The van der Waals surface area contributed by atoms with Gasteiger partial charge in [-0.05, 0) is 25.0 Å². The van der Waals surface area contributed by atoms with Crippen LogP contribution in [0, 0.1) is 0 Å². The second-order valence-electron chi connectivity index (χ2n) is 3.98. The van der Waals surface area contributed by atoms with E-state index in [0.717, 1.165) is 31.4 Å². The van der Waals surface area contributed by atoms with Crippen molar-refractivity contribution in [2.24, 2.45) is 5.84 Å². The molecule has 1 fully saturated rings. The lowest BCUT2D eigenvalue weighted by Crippen LogP contribution is -2.46. The second kappa shape index (κ2) is 3.98. The molecule has 1 saturated carbocycles. The van der Waals surface area contributed by atoms with Crippen molar-refractivity contribution < 1.29 is 4.79 Å². The van der Waals surface area contributed by atoms with Crippen molar-refractivity contribution in [3.8, 4) is 0 Å². The third kappa shape index (κ3) is 1.61. The molecule has 1 aliphatic carbocycles. The number of carbonyl (C=O) groups is 1. The molecule has 1 heterocycles. The SMILES string of the molecule is NNC(=O)C1(c2ccccn2)CCCC1. The molecule has 0 saturated heterocycles. The number of nitrogens with one attached hydrogen (secondary N) is 1. The fourth-order valence-corrected chi connectivity index (χ4v) is 2.36. The summed E-state index contributed by atoms with van der Waals surface area (Å²) in [7, 11) is 0. The van der Waals surface area contributed by atoms with Gasteiger partial charge in [-0.15, -0.1) is 0 Å². The maximum atomic E-state index is 11.9. The fourth-order valence-electron chi connectivity index (χ4n) is 2.36. The van der Waals surface area contributed by atoms with Gasteiger partial charge in [0.1, 0.15) is 0 Å². The van der Waals surface area contributed by atoms with Crippen LogP contribution < -0.4 is 11.3 Å². The fraction of sp³-hybridized carbons (Fsp3) is 0.455. The van der Waals surface area contributed by atoms with E-state index in [0.29, 0.717) is 0 Å². The zero-order chi connectivity index (χ0) is 10.7. The zero-order valence-electron chi connectivity index (χ0n) is 8.57. The number of amides is 1. The number of hydrogen-bond donors (Lipinski definition) is 2. The van der Waals surface area contributed by atoms with Crippen LogP contribution in [-0.2, 0) is 10.2 Å². The van der Waals surface area contributed by atoms with Crippen LogP contribution in [0.4, 0.5) is 0 Å². The van der Waals surface area contributed by atoms with E-state index in [1.807, 2.05) is 18.2 Å². The van der Waals surface area contributed by atoms with Crippen LogP contribution in [0.25, 0.3) is 0 Å². The minimum absolute atomic E-state index is 0.112. The van der Waals surface area contributed by atoms with E-state index in [-0.39, 0.29) is 5.91 Å². The molecule has 4 heteroatoms. The lowest BCUT2D eigenvalue weighted by atomic mass is 9.81. The predicted molar refractivity (Wildman–Crippen MR) is 56.7 cm³/mol. The number of hydrazine groups is 1. The van der Waals surface area contributed by atoms with Gasteiger partial charge >= 0.3 is 0 Å². The van der Waals surface area contributed by atoms with Crippen LogP contribution in [0.5, 0.6) is 0 Å². The van der Waals surface area contributed by atoms with Crippen molar-refractivity contribution in [1.82, 2.24) is 10.4 Å². The predicted octanol–water partition coefficient (Wildman–Crippen LogP) is 0.883. The summed E-state index contributed by atoms with van der Waals surface area (Å²) in [4.78, 5) is 16.1. The molecule has 0 spiro atoms. The summed E-state index contributed by atoms with van der Waals surface area (Å²) in [6.45, 7) is 0. The summed E-state index contributed by atoms with van der Waals surface area (Å²) in [5.41, 5.74) is 2.62. The van der Waals surface area contributed by atoms with E-state index < -0.39 is 5.41 Å². The molecule has 15 heavy (non-hydrogen) atoms. The van der Waals surface area contributed by atoms with Crippen molar-refractivity contribution in [3.63, 3.8) is 0 Å². The first-order valence-electron chi connectivity index (χ1n) is 5.22. The van der Waals surface area contributed by atoms with Gasteiger partial charge in [0.05, 0.1) is 11.1 Å². The van der Waals surface area contributed by atoms with Crippen LogP contribution in [-0.4, -0.2) is 10.9 Å². The smallest absolute Gasteiger partial charge is 0.246 e. The van der Waals surface area contributed by atoms with Crippen LogP contribution in [0.1, 0.15) is 31.4 Å². The van der Waals surface area contributed by atoms with Crippen molar-refractivity contribution in [1.29, 1.82) is 0 Å². The van der Waals surface area contributed by atoms with Crippen molar-refractivity contribution >= 4 is 5.91 Å². The normalized spacial score (nSPS) is 18.7. The molecule has 1 amide bonds. The molecular weight excluding hydrogens is 190 g/mol. The maximum absolute atomic E-state index is 11.9. The minimum Gasteiger partial charge on any atom is -0.293 e. The van der Waals surface area contributed by atoms with Gasteiger partial charge in [-0.1, -0.05) is 18.9 Å². The number of rotatable bonds is 2. The second-order valence-corrected chi connectivity index (χ2v) is 3.98. The van der Waals surface area contributed by atoms with Gasteiger partial charge in [0.15, 0.2) is 0 Å². The number of pyridine rings is 1. The Morgan fingerprint density at radius 1 is 1.40 bits per heavy atom. The Morgan fingerprint density at radius 3 is 2.67 bits per heavy atom. The zero-order valence-corrected chi connectivity index (χ0v) is 8.57. The molecular formula is C11H15N3O. The molecule has 0 unspecified atom stereocenters. The van der Waals surface area contributed by atoms with Crippen LogP contribution in [0.2, 0.25) is 0 Å². The van der Waals surface area contributed by atoms with Gasteiger partial charge in [-0.25, -0.2) is 5.84 Å². The third-order valence-corrected chi connectivity index (χ3v) is 3.18. The first kappa shape index (κ1) is 10.1. The number of nitrogens with zero attached hydrogens (tertiary/aromatic N) is 1. The monoisotopic (exact) mass is 205 g/mol. The van der Waals surface area contributed by atoms with Gasteiger partial charge in [-0.2, -0.15) is 0 Å². The quantitative estimate of drug-likeness (QED) is 0.428. The highest BCUT2D eigenvalue weighted by atomic mass is 16.2. The van der Waals surface area contributed by atoms with Crippen LogP contribution in [0.3, 0.4) is 0 Å². The Labute approximate surface area is 88.9 Å². The molecule has 0 aliphatic heterocycles. The Bertz CT molecular complexity index is 344. The number of carbonyl (C=O) groups excluding carboxylic acids is 1. The Hall–Kier alpha value is -1.42. The molecule has 0 atom stereocenters. The van der Waals surface area contributed by atoms with Gasteiger partial charge in [0.25, 0.3) is 0 Å². The molecule has 1 aromatic rings. The number of nitrogens with two attached hydrogens (primary N) is 1. The average molecular weight is 205 g/mol. The van der Waals surface area contributed by atoms with E-state index in [9.17, 15) is 4.79 Å². The van der Waals surface area contributed by atoms with E-state index in [1.165, 1.54) is 0 Å². The van der Waals surface area contributed by atoms with Crippen molar-refractivity contribution in [2.75, 3.05) is 0 Å². The lowest BCUT2D eigenvalue weighted by molar-refractivity contribution is -0.126. The van der Waals surface area contributed by atoms with Gasteiger partial charge in [-0.3, -0.25) is 15.2 Å². The summed E-state index contributed by atoms with van der Waals surface area (Å²) in [5, 5.41) is 0. The summed E-state index contributed by atoms with van der Waals surface area (Å²) in [5.74, 6) is 5.13. The Balaban J connectivity index is 2.39.